The summed E-state index contributed by atoms with van der Waals surface area (Å²) in [6.07, 6.45) is 0. The molecule has 1 saturated heterocycles. The Morgan fingerprint density at radius 1 is 0.971 bits per heavy atom. The second-order valence-corrected chi connectivity index (χ2v) is 10.2. The molecule has 0 N–H and O–H groups in total. The van der Waals surface area contributed by atoms with Crippen LogP contribution < -0.4 is 0 Å². The Balaban J connectivity index is 1.65. The number of amides is 2. The molecule has 3 aromatic rings. The first-order valence-corrected chi connectivity index (χ1v) is 12.4. The number of benzene rings is 2. The van der Waals surface area contributed by atoms with E-state index in [-0.39, 0.29) is 23.5 Å². The molecule has 1 aliphatic rings. The Labute approximate surface area is 215 Å². The Kier molecular flexibility index (Phi) is 7.25. The molecule has 1 aliphatic heterocycles. The maximum atomic E-state index is 14.1. The normalized spacial score (nSPS) is 14.3. The molecule has 35 heavy (non-hydrogen) atoms. The van der Waals surface area contributed by atoms with Gasteiger partial charge in [-0.15, -0.1) is 11.6 Å². The number of hydrogen-bond acceptors (Lipinski definition) is 2. The lowest BCUT2D eigenvalue weighted by Crippen LogP contribution is -2.53. The van der Waals surface area contributed by atoms with Gasteiger partial charge in [0.05, 0.1) is 16.7 Å². The largest absolute Gasteiger partial charge is 0.339 e. The SMILES string of the molecule is Cc1c(C(=O)N2CCN(C(=O)C(C)(C)CCl)CC2)cc(-c2ccc(Cl)cc2)n1-c1cccc(F)c1. The van der Waals surface area contributed by atoms with Crippen LogP contribution >= 0.6 is 23.2 Å². The summed E-state index contributed by atoms with van der Waals surface area (Å²) in [5.41, 5.74) is 2.88. The number of rotatable bonds is 5. The maximum absolute atomic E-state index is 14.1. The van der Waals surface area contributed by atoms with Crippen LogP contribution in [-0.4, -0.2) is 58.2 Å². The molecule has 2 amide bonds. The molecule has 0 unspecified atom stereocenters. The van der Waals surface area contributed by atoms with Crippen LogP contribution in [0.25, 0.3) is 16.9 Å². The van der Waals surface area contributed by atoms with Gasteiger partial charge in [0.1, 0.15) is 5.82 Å². The predicted molar refractivity (Wildman–Crippen MR) is 138 cm³/mol. The molecule has 184 valence electrons. The van der Waals surface area contributed by atoms with Crippen molar-refractivity contribution in [3.05, 3.63) is 76.7 Å². The van der Waals surface area contributed by atoms with Crippen molar-refractivity contribution >= 4 is 35.0 Å². The van der Waals surface area contributed by atoms with Gasteiger partial charge in [-0.3, -0.25) is 9.59 Å². The first-order chi connectivity index (χ1) is 16.6. The molecular weight excluding hydrogens is 488 g/mol. The Bertz CT molecular complexity index is 1250. The zero-order valence-corrected chi connectivity index (χ0v) is 21.5. The average Bonchev–Trinajstić information content (AvgIpc) is 3.20. The van der Waals surface area contributed by atoms with Gasteiger partial charge in [0.25, 0.3) is 5.91 Å². The number of carbonyl (C=O) groups is 2. The van der Waals surface area contributed by atoms with E-state index in [0.717, 1.165) is 11.3 Å². The van der Waals surface area contributed by atoms with Gasteiger partial charge in [-0.1, -0.05) is 29.8 Å². The molecule has 0 atom stereocenters. The van der Waals surface area contributed by atoms with Gasteiger partial charge >= 0.3 is 0 Å². The second-order valence-electron chi connectivity index (χ2n) is 9.45. The van der Waals surface area contributed by atoms with Crippen molar-refractivity contribution in [2.24, 2.45) is 5.41 Å². The highest BCUT2D eigenvalue weighted by Crippen LogP contribution is 2.31. The first kappa shape index (κ1) is 25.3. The van der Waals surface area contributed by atoms with E-state index in [0.29, 0.717) is 48.1 Å². The number of alkyl halides is 1. The Morgan fingerprint density at radius 2 is 1.60 bits per heavy atom. The summed E-state index contributed by atoms with van der Waals surface area (Å²) in [5.74, 6) is -0.230. The van der Waals surface area contributed by atoms with Crippen molar-refractivity contribution in [1.82, 2.24) is 14.4 Å². The zero-order chi connectivity index (χ0) is 25.3. The molecular formula is C27H28Cl2FN3O2. The van der Waals surface area contributed by atoms with Crippen LogP contribution in [0.4, 0.5) is 4.39 Å². The van der Waals surface area contributed by atoms with E-state index in [4.69, 9.17) is 23.2 Å². The van der Waals surface area contributed by atoms with Crippen LogP contribution in [-0.2, 0) is 4.79 Å². The van der Waals surface area contributed by atoms with Crippen LogP contribution in [0.15, 0.2) is 54.6 Å². The van der Waals surface area contributed by atoms with Crippen LogP contribution in [0.3, 0.4) is 0 Å². The standard InChI is InChI=1S/C27H28Cl2FN3O2/c1-18-23(25(34)31-11-13-32(14-12-31)26(35)27(2,3)17-28)16-24(19-7-9-20(29)10-8-19)33(18)22-6-4-5-21(30)15-22/h4-10,15-16H,11-14,17H2,1-3H3. The molecule has 1 aromatic heterocycles. The third kappa shape index (κ3) is 5.09. The lowest BCUT2D eigenvalue weighted by Gasteiger charge is -2.38. The highest BCUT2D eigenvalue weighted by Gasteiger charge is 2.34. The number of piperazine rings is 1. The first-order valence-electron chi connectivity index (χ1n) is 11.5. The fourth-order valence-electron chi connectivity index (χ4n) is 4.37. The molecule has 1 fully saturated rings. The third-order valence-corrected chi connectivity index (χ3v) is 7.37. The van der Waals surface area contributed by atoms with E-state index in [9.17, 15) is 14.0 Å². The molecule has 0 bridgehead atoms. The van der Waals surface area contributed by atoms with Crippen molar-refractivity contribution in [3.63, 3.8) is 0 Å². The van der Waals surface area contributed by atoms with Gasteiger partial charge in [0, 0.05) is 48.5 Å². The van der Waals surface area contributed by atoms with E-state index in [1.165, 1.54) is 12.1 Å². The van der Waals surface area contributed by atoms with Gasteiger partial charge in [0.2, 0.25) is 5.91 Å². The van der Waals surface area contributed by atoms with E-state index >= 15 is 0 Å². The summed E-state index contributed by atoms with van der Waals surface area (Å²) in [6, 6.07) is 15.5. The smallest absolute Gasteiger partial charge is 0.255 e. The minimum atomic E-state index is -0.639. The minimum absolute atomic E-state index is 0.00180. The summed E-state index contributed by atoms with van der Waals surface area (Å²) in [6.45, 7) is 7.30. The number of carbonyl (C=O) groups excluding carboxylic acids is 2. The topological polar surface area (TPSA) is 45.6 Å². The monoisotopic (exact) mass is 515 g/mol. The Morgan fingerprint density at radius 3 is 2.20 bits per heavy atom. The summed E-state index contributed by atoms with van der Waals surface area (Å²) < 4.78 is 16.0. The minimum Gasteiger partial charge on any atom is -0.339 e. The molecule has 5 nitrogen and oxygen atoms in total. The van der Waals surface area contributed by atoms with E-state index in [1.54, 1.807) is 28.0 Å². The maximum Gasteiger partial charge on any atom is 0.255 e. The highest BCUT2D eigenvalue weighted by atomic mass is 35.5. The molecule has 2 aromatic carbocycles. The van der Waals surface area contributed by atoms with Crippen LogP contribution in [0.2, 0.25) is 5.02 Å². The van der Waals surface area contributed by atoms with Crippen molar-refractivity contribution in [3.8, 4) is 16.9 Å². The number of hydrogen-bond donors (Lipinski definition) is 0. The fraction of sp³-hybridized carbons (Fsp3) is 0.333. The van der Waals surface area contributed by atoms with Crippen molar-refractivity contribution < 1.29 is 14.0 Å². The fourth-order valence-corrected chi connectivity index (χ4v) is 4.61. The average molecular weight is 516 g/mol. The molecule has 0 spiro atoms. The molecule has 0 aliphatic carbocycles. The van der Waals surface area contributed by atoms with Crippen LogP contribution in [0.5, 0.6) is 0 Å². The lowest BCUT2D eigenvalue weighted by atomic mass is 9.94. The highest BCUT2D eigenvalue weighted by molar-refractivity contribution is 6.30. The second kappa shape index (κ2) is 10.0. The van der Waals surface area contributed by atoms with E-state index < -0.39 is 5.41 Å². The summed E-state index contributed by atoms with van der Waals surface area (Å²) >= 11 is 12.1. The van der Waals surface area contributed by atoms with Crippen molar-refractivity contribution in [2.75, 3.05) is 32.1 Å². The van der Waals surface area contributed by atoms with Crippen molar-refractivity contribution in [2.45, 2.75) is 20.8 Å². The van der Waals surface area contributed by atoms with E-state index in [1.807, 2.05) is 49.6 Å². The summed E-state index contributed by atoms with van der Waals surface area (Å²) in [5, 5.41) is 0.607. The van der Waals surface area contributed by atoms with Gasteiger partial charge in [-0.25, -0.2) is 4.39 Å². The van der Waals surface area contributed by atoms with Crippen LogP contribution in [0.1, 0.15) is 29.9 Å². The molecule has 0 saturated carbocycles. The van der Waals surface area contributed by atoms with Gasteiger partial charge in [-0.2, -0.15) is 0 Å². The predicted octanol–water partition coefficient (Wildman–Crippen LogP) is 5.79. The summed E-state index contributed by atoms with van der Waals surface area (Å²) in [7, 11) is 0. The van der Waals surface area contributed by atoms with Crippen LogP contribution in [0, 0.1) is 18.2 Å². The number of aromatic nitrogens is 1. The molecule has 0 radical (unpaired) electrons. The quantitative estimate of drug-likeness (QED) is 0.403. The van der Waals surface area contributed by atoms with Gasteiger partial charge in [0.15, 0.2) is 0 Å². The zero-order valence-electron chi connectivity index (χ0n) is 20.0. The number of nitrogens with zero attached hydrogens (tertiary/aromatic N) is 3. The lowest BCUT2D eigenvalue weighted by molar-refractivity contribution is -0.140. The van der Waals surface area contributed by atoms with Gasteiger partial charge in [-0.05, 0) is 62.7 Å². The van der Waals surface area contributed by atoms with Gasteiger partial charge < -0.3 is 14.4 Å². The van der Waals surface area contributed by atoms with E-state index in [2.05, 4.69) is 0 Å². The molecule has 4 rings (SSSR count). The molecule has 8 heteroatoms. The molecule has 2 heterocycles. The Hall–Kier alpha value is -2.83. The van der Waals surface area contributed by atoms with Crippen molar-refractivity contribution in [1.29, 1.82) is 0 Å². The summed E-state index contributed by atoms with van der Waals surface area (Å²) in [4.78, 5) is 29.9. The third-order valence-electron chi connectivity index (χ3n) is 6.45. The number of halogens is 3.